The Morgan fingerprint density at radius 1 is 1.28 bits per heavy atom. The fourth-order valence-corrected chi connectivity index (χ4v) is 2.05. The second-order valence-corrected chi connectivity index (χ2v) is 4.89. The molecule has 0 amide bonds. The van der Waals surface area contributed by atoms with E-state index in [-0.39, 0.29) is 6.10 Å². The third kappa shape index (κ3) is 3.62. The Morgan fingerprint density at radius 2 is 2.00 bits per heavy atom. The number of nitrogens with zero attached hydrogens (tertiary/aromatic N) is 1. The van der Waals surface area contributed by atoms with Gasteiger partial charge >= 0.3 is 0 Å². The number of hydrogen-bond donors (Lipinski definition) is 1. The van der Waals surface area contributed by atoms with E-state index in [1.165, 1.54) is 5.69 Å². The van der Waals surface area contributed by atoms with Gasteiger partial charge in [0.15, 0.2) is 0 Å². The van der Waals surface area contributed by atoms with Crippen LogP contribution in [0, 0.1) is 0 Å². The predicted octanol–water partition coefficient (Wildman–Crippen LogP) is 2.03. The first-order chi connectivity index (χ1) is 8.65. The van der Waals surface area contributed by atoms with E-state index >= 15 is 0 Å². The maximum absolute atomic E-state index is 5.96. The molecule has 18 heavy (non-hydrogen) atoms. The Kier molecular flexibility index (Phi) is 4.44. The number of morpholine rings is 1. The van der Waals surface area contributed by atoms with Crippen molar-refractivity contribution in [1.82, 2.24) is 0 Å². The number of ether oxygens (including phenoxy) is 2. The van der Waals surface area contributed by atoms with Gasteiger partial charge in [0.25, 0.3) is 0 Å². The molecule has 100 valence electrons. The van der Waals surface area contributed by atoms with Crippen LogP contribution in [0.5, 0.6) is 0 Å². The third-order valence-electron chi connectivity index (χ3n) is 2.96. The van der Waals surface area contributed by atoms with Crippen LogP contribution in [-0.4, -0.2) is 32.4 Å². The molecule has 0 bridgehead atoms. The van der Waals surface area contributed by atoms with Crippen molar-refractivity contribution in [3.63, 3.8) is 0 Å². The molecule has 1 aliphatic rings. The smallest absolute Gasteiger partial charge is 0.0721 e. The zero-order chi connectivity index (χ0) is 13.0. The van der Waals surface area contributed by atoms with Gasteiger partial charge in [0.1, 0.15) is 0 Å². The van der Waals surface area contributed by atoms with Gasteiger partial charge in [-0.2, -0.15) is 0 Å². The van der Waals surface area contributed by atoms with Crippen molar-refractivity contribution in [2.75, 3.05) is 36.9 Å². The molecule has 0 atom stereocenters. The van der Waals surface area contributed by atoms with Crippen molar-refractivity contribution in [3.8, 4) is 0 Å². The van der Waals surface area contributed by atoms with Crippen LogP contribution in [0.4, 0.5) is 11.4 Å². The first-order valence-electron chi connectivity index (χ1n) is 6.49. The summed E-state index contributed by atoms with van der Waals surface area (Å²) in [4.78, 5) is 2.30. The average molecular weight is 250 g/mol. The Morgan fingerprint density at radius 3 is 2.67 bits per heavy atom. The fourth-order valence-electron chi connectivity index (χ4n) is 2.05. The fraction of sp³-hybridized carbons (Fsp3) is 0.571. The topological polar surface area (TPSA) is 47.7 Å². The van der Waals surface area contributed by atoms with Gasteiger partial charge in [0.2, 0.25) is 0 Å². The summed E-state index contributed by atoms with van der Waals surface area (Å²) in [6.45, 7) is 8.10. The van der Waals surface area contributed by atoms with Crippen LogP contribution in [0.3, 0.4) is 0 Å². The van der Waals surface area contributed by atoms with Crippen LogP contribution in [0.2, 0.25) is 0 Å². The molecule has 4 heteroatoms. The van der Waals surface area contributed by atoms with Crippen LogP contribution in [0.15, 0.2) is 18.2 Å². The van der Waals surface area contributed by atoms with Gasteiger partial charge < -0.3 is 20.1 Å². The van der Waals surface area contributed by atoms with Gasteiger partial charge in [-0.25, -0.2) is 0 Å². The molecular formula is C14H22N2O2. The molecule has 0 saturated carbocycles. The molecule has 4 nitrogen and oxygen atoms in total. The third-order valence-corrected chi connectivity index (χ3v) is 2.96. The summed E-state index contributed by atoms with van der Waals surface area (Å²) < 4.78 is 11.0. The molecule has 0 aliphatic carbocycles. The van der Waals surface area contributed by atoms with E-state index in [1.54, 1.807) is 0 Å². The maximum atomic E-state index is 5.96. The van der Waals surface area contributed by atoms with Gasteiger partial charge in [-0.3, -0.25) is 0 Å². The summed E-state index contributed by atoms with van der Waals surface area (Å²) in [5, 5.41) is 0. The largest absolute Gasteiger partial charge is 0.399 e. The number of anilines is 2. The lowest BCUT2D eigenvalue weighted by Gasteiger charge is -2.29. The number of rotatable bonds is 4. The van der Waals surface area contributed by atoms with Gasteiger partial charge in [-0.15, -0.1) is 0 Å². The molecule has 0 radical (unpaired) electrons. The van der Waals surface area contributed by atoms with Gasteiger partial charge in [-0.05, 0) is 37.6 Å². The molecule has 0 aromatic heterocycles. The van der Waals surface area contributed by atoms with Crippen LogP contribution in [0.25, 0.3) is 0 Å². The predicted molar refractivity (Wildman–Crippen MR) is 73.8 cm³/mol. The second kappa shape index (κ2) is 6.07. The molecule has 2 rings (SSSR count). The maximum Gasteiger partial charge on any atom is 0.0721 e. The van der Waals surface area contributed by atoms with Gasteiger partial charge in [0, 0.05) is 24.5 Å². The number of hydrogen-bond acceptors (Lipinski definition) is 4. The van der Waals surface area contributed by atoms with Crippen molar-refractivity contribution < 1.29 is 9.47 Å². The van der Waals surface area contributed by atoms with E-state index in [4.69, 9.17) is 15.2 Å². The van der Waals surface area contributed by atoms with Crippen LogP contribution in [-0.2, 0) is 16.1 Å². The van der Waals surface area contributed by atoms with Crippen molar-refractivity contribution in [2.45, 2.75) is 26.6 Å². The first-order valence-corrected chi connectivity index (χ1v) is 6.49. The highest BCUT2D eigenvalue weighted by Crippen LogP contribution is 2.22. The molecular weight excluding hydrogens is 228 g/mol. The summed E-state index contributed by atoms with van der Waals surface area (Å²) >= 11 is 0. The minimum Gasteiger partial charge on any atom is -0.399 e. The van der Waals surface area contributed by atoms with Crippen LogP contribution >= 0.6 is 0 Å². The first kappa shape index (κ1) is 13.2. The van der Waals surface area contributed by atoms with E-state index in [1.807, 2.05) is 26.0 Å². The second-order valence-electron chi connectivity index (χ2n) is 4.89. The van der Waals surface area contributed by atoms with E-state index in [9.17, 15) is 0 Å². The average Bonchev–Trinajstić information content (AvgIpc) is 2.37. The minimum absolute atomic E-state index is 0.235. The van der Waals surface area contributed by atoms with Crippen molar-refractivity contribution in [3.05, 3.63) is 23.8 Å². The van der Waals surface area contributed by atoms with Crippen molar-refractivity contribution >= 4 is 11.4 Å². The molecule has 1 aromatic rings. The Bertz CT molecular complexity index is 387. The summed E-state index contributed by atoms with van der Waals surface area (Å²) in [5.74, 6) is 0. The number of nitrogens with two attached hydrogens (primary N) is 1. The molecule has 1 heterocycles. The molecule has 1 fully saturated rings. The lowest BCUT2D eigenvalue weighted by atomic mass is 10.1. The zero-order valence-corrected chi connectivity index (χ0v) is 11.2. The molecule has 1 aliphatic heterocycles. The van der Waals surface area contributed by atoms with Crippen LogP contribution in [0.1, 0.15) is 19.4 Å². The highest BCUT2D eigenvalue weighted by molar-refractivity contribution is 5.58. The van der Waals surface area contributed by atoms with Gasteiger partial charge in [0.05, 0.1) is 25.9 Å². The molecule has 1 saturated heterocycles. The Balaban J connectivity index is 2.09. The normalized spacial score (nSPS) is 16.3. The van der Waals surface area contributed by atoms with E-state index in [0.717, 1.165) is 37.6 Å². The summed E-state index contributed by atoms with van der Waals surface area (Å²) in [7, 11) is 0. The quantitative estimate of drug-likeness (QED) is 0.831. The number of nitrogen functional groups attached to an aromatic ring is 1. The summed E-state index contributed by atoms with van der Waals surface area (Å²) in [5.41, 5.74) is 9.05. The monoisotopic (exact) mass is 250 g/mol. The van der Waals surface area contributed by atoms with E-state index in [2.05, 4.69) is 11.0 Å². The molecule has 2 N–H and O–H groups in total. The summed E-state index contributed by atoms with van der Waals surface area (Å²) in [6.07, 6.45) is 0.235. The van der Waals surface area contributed by atoms with Crippen molar-refractivity contribution in [2.24, 2.45) is 0 Å². The highest BCUT2D eigenvalue weighted by atomic mass is 16.5. The molecule has 1 aromatic carbocycles. The SMILES string of the molecule is CC(C)OCc1cc(N)cc(N2CCOCC2)c1. The van der Waals surface area contributed by atoms with E-state index in [0.29, 0.717) is 6.61 Å². The minimum atomic E-state index is 0.235. The Hall–Kier alpha value is -1.26. The molecule has 0 spiro atoms. The Labute approximate surface area is 109 Å². The molecule has 0 unspecified atom stereocenters. The van der Waals surface area contributed by atoms with E-state index < -0.39 is 0 Å². The zero-order valence-electron chi connectivity index (χ0n) is 11.2. The summed E-state index contributed by atoms with van der Waals surface area (Å²) in [6, 6.07) is 6.15. The lowest BCUT2D eigenvalue weighted by molar-refractivity contribution is 0.0657. The van der Waals surface area contributed by atoms with Crippen LogP contribution < -0.4 is 10.6 Å². The lowest BCUT2D eigenvalue weighted by Crippen LogP contribution is -2.36. The van der Waals surface area contributed by atoms with Gasteiger partial charge in [-0.1, -0.05) is 0 Å². The highest BCUT2D eigenvalue weighted by Gasteiger charge is 2.12. The standard InChI is InChI=1S/C14H22N2O2/c1-11(2)18-10-12-7-13(15)9-14(8-12)16-3-5-17-6-4-16/h7-9,11H,3-6,10,15H2,1-2H3. The number of benzene rings is 1. The van der Waals surface area contributed by atoms with Crippen molar-refractivity contribution in [1.29, 1.82) is 0 Å².